The van der Waals surface area contributed by atoms with Gasteiger partial charge in [0.05, 0.1) is 0 Å². The molecule has 4 rings (SSSR count). The van der Waals surface area contributed by atoms with Crippen LogP contribution in [0.4, 0.5) is 0 Å². The normalized spacial score (nSPS) is 17.1. The van der Waals surface area contributed by atoms with E-state index in [1.807, 2.05) is 35.2 Å². The Hall–Kier alpha value is -2.95. The topological polar surface area (TPSA) is 59.2 Å². The van der Waals surface area contributed by atoms with Gasteiger partial charge < -0.3 is 9.42 Å². The van der Waals surface area contributed by atoms with Crippen molar-refractivity contribution in [3.63, 3.8) is 0 Å². The summed E-state index contributed by atoms with van der Waals surface area (Å²) in [6.07, 6.45) is 1.22. The van der Waals surface area contributed by atoms with Gasteiger partial charge in [-0.3, -0.25) is 4.79 Å². The van der Waals surface area contributed by atoms with Crippen molar-refractivity contribution >= 4 is 5.91 Å². The summed E-state index contributed by atoms with van der Waals surface area (Å²) in [6, 6.07) is 15.9. The first-order valence-corrected chi connectivity index (χ1v) is 8.86. The number of amides is 1. The summed E-state index contributed by atoms with van der Waals surface area (Å²) in [5.74, 6) is 1.21. The maximum atomic E-state index is 12.5. The lowest BCUT2D eigenvalue weighted by Crippen LogP contribution is -2.27. The van der Waals surface area contributed by atoms with E-state index >= 15 is 0 Å². The molecule has 1 amide bonds. The van der Waals surface area contributed by atoms with Crippen LogP contribution < -0.4 is 0 Å². The summed E-state index contributed by atoms with van der Waals surface area (Å²) in [6.45, 7) is 4.71. The molecule has 1 fully saturated rings. The first-order chi connectivity index (χ1) is 12.6. The van der Waals surface area contributed by atoms with E-state index in [9.17, 15) is 4.79 Å². The smallest absolute Gasteiger partial charge is 0.249 e. The predicted octanol–water partition coefficient (Wildman–Crippen LogP) is 4.22. The van der Waals surface area contributed by atoms with Crippen LogP contribution in [-0.4, -0.2) is 20.9 Å². The molecule has 0 spiro atoms. The zero-order valence-corrected chi connectivity index (χ0v) is 15.0. The van der Waals surface area contributed by atoms with Crippen molar-refractivity contribution in [1.82, 2.24) is 15.0 Å². The number of benzene rings is 2. The number of hydrogen-bond donors (Lipinski definition) is 0. The second kappa shape index (κ2) is 6.75. The largest absolute Gasteiger partial charge is 0.337 e. The van der Waals surface area contributed by atoms with E-state index in [-0.39, 0.29) is 11.9 Å². The van der Waals surface area contributed by atoms with E-state index in [0.717, 1.165) is 11.1 Å². The van der Waals surface area contributed by atoms with Gasteiger partial charge in [0.1, 0.15) is 6.04 Å². The Labute approximate surface area is 152 Å². The molecule has 26 heavy (non-hydrogen) atoms. The highest BCUT2D eigenvalue weighted by molar-refractivity contribution is 5.79. The van der Waals surface area contributed by atoms with Gasteiger partial charge in [0.15, 0.2) is 0 Å². The number of aryl methyl sites for hydroxylation is 2. The molecule has 132 valence electrons. The molecule has 1 atom stereocenters. The van der Waals surface area contributed by atoms with Crippen molar-refractivity contribution in [2.24, 2.45) is 0 Å². The van der Waals surface area contributed by atoms with Crippen LogP contribution >= 0.6 is 0 Å². The first kappa shape index (κ1) is 16.5. The van der Waals surface area contributed by atoms with Crippen molar-refractivity contribution in [3.05, 3.63) is 71.1 Å². The Kier molecular flexibility index (Phi) is 4.29. The van der Waals surface area contributed by atoms with Crippen LogP contribution in [-0.2, 0) is 11.3 Å². The summed E-state index contributed by atoms with van der Waals surface area (Å²) in [5.41, 5.74) is 4.45. The number of hydrogen-bond acceptors (Lipinski definition) is 4. The molecule has 0 bridgehead atoms. The van der Waals surface area contributed by atoms with E-state index < -0.39 is 0 Å². The summed E-state index contributed by atoms with van der Waals surface area (Å²) in [4.78, 5) is 18.9. The lowest BCUT2D eigenvalue weighted by molar-refractivity contribution is -0.130. The van der Waals surface area contributed by atoms with Gasteiger partial charge in [0.25, 0.3) is 0 Å². The second-order valence-corrected chi connectivity index (χ2v) is 6.83. The lowest BCUT2D eigenvalue weighted by atomic mass is 10.0. The van der Waals surface area contributed by atoms with Gasteiger partial charge in [0, 0.05) is 18.5 Å². The molecule has 5 nitrogen and oxygen atoms in total. The summed E-state index contributed by atoms with van der Waals surface area (Å²) < 4.78 is 5.52. The van der Waals surface area contributed by atoms with Crippen molar-refractivity contribution in [3.8, 4) is 11.4 Å². The standard InChI is InChI=1S/C21H21N3O2/c1-14-8-9-15(2)17(12-14)13-24-18(10-11-19(24)25)21-22-20(23-26-21)16-6-4-3-5-7-16/h3-9,12,18H,10-11,13H2,1-2H3. The first-order valence-electron chi connectivity index (χ1n) is 8.86. The molecular weight excluding hydrogens is 326 g/mol. The number of aromatic nitrogens is 2. The molecule has 0 radical (unpaired) electrons. The fourth-order valence-corrected chi connectivity index (χ4v) is 3.42. The summed E-state index contributed by atoms with van der Waals surface area (Å²) >= 11 is 0. The maximum absolute atomic E-state index is 12.5. The van der Waals surface area contributed by atoms with Crippen molar-refractivity contribution in [2.75, 3.05) is 0 Å². The number of rotatable bonds is 4. The van der Waals surface area contributed by atoms with Crippen LogP contribution in [0.25, 0.3) is 11.4 Å². The molecule has 1 saturated heterocycles. The van der Waals surface area contributed by atoms with Gasteiger partial charge in [-0.25, -0.2) is 0 Å². The fraction of sp³-hybridized carbons (Fsp3) is 0.286. The predicted molar refractivity (Wildman–Crippen MR) is 98.2 cm³/mol. The minimum absolute atomic E-state index is 0.135. The second-order valence-electron chi connectivity index (χ2n) is 6.83. The zero-order valence-electron chi connectivity index (χ0n) is 15.0. The molecule has 0 aliphatic carbocycles. The molecule has 1 aromatic heterocycles. The zero-order chi connectivity index (χ0) is 18.1. The van der Waals surface area contributed by atoms with E-state index in [1.54, 1.807) is 0 Å². The van der Waals surface area contributed by atoms with Gasteiger partial charge in [-0.1, -0.05) is 59.3 Å². The highest BCUT2D eigenvalue weighted by Gasteiger charge is 2.36. The molecule has 1 unspecified atom stereocenters. The molecule has 1 aliphatic rings. The number of nitrogens with zero attached hydrogens (tertiary/aromatic N) is 3. The monoisotopic (exact) mass is 347 g/mol. The molecule has 1 aliphatic heterocycles. The highest BCUT2D eigenvalue weighted by Crippen LogP contribution is 2.34. The van der Waals surface area contributed by atoms with Gasteiger partial charge in [-0.05, 0) is 31.4 Å². The third-order valence-electron chi connectivity index (χ3n) is 4.93. The van der Waals surface area contributed by atoms with Crippen LogP contribution in [0, 0.1) is 13.8 Å². The average molecular weight is 347 g/mol. The Morgan fingerprint density at radius 1 is 1.15 bits per heavy atom. The lowest BCUT2D eigenvalue weighted by Gasteiger charge is -2.23. The van der Waals surface area contributed by atoms with Crippen LogP contribution in [0.5, 0.6) is 0 Å². The summed E-state index contributed by atoms with van der Waals surface area (Å²) in [7, 11) is 0. The van der Waals surface area contributed by atoms with Crippen molar-refractivity contribution < 1.29 is 9.32 Å². The highest BCUT2D eigenvalue weighted by atomic mass is 16.5. The third kappa shape index (κ3) is 3.12. The quantitative estimate of drug-likeness (QED) is 0.709. The van der Waals surface area contributed by atoms with E-state index in [1.165, 1.54) is 11.1 Å². The van der Waals surface area contributed by atoms with Gasteiger partial charge in [-0.2, -0.15) is 4.98 Å². The van der Waals surface area contributed by atoms with Crippen molar-refractivity contribution in [1.29, 1.82) is 0 Å². The number of carbonyl (C=O) groups is 1. The van der Waals surface area contributed by atoms with E-state index in [0.29, 0.717) is 31.1 Å². The van der Waals surface area contributed by atoms with Gasteiger partial charge >= 0.3 is 0 Å². The average Bonchev–Trinajstić information content (AvgIpc) is 3.27. The Morgan fingerprint density at radius 3 is 2.77 bits per heavy atom. The molecule has 5 heteroatoms. The van der Waals surface area contributed by atoms with E-state index in [4.69, 9.17) is 4.52 Å². The molecule has 0 N–H and O–H groups in total. The minimum Gasteiger partial charge on any atom is -0.337 e. The molecular formula is C21H21N3O2. The van der Waals surface area contributed by atoms with Gasteiger partial charge in [-0.15, -0.1) is 0 Å². The Balaban J connectivity index is 1.61. The van der Waals surface area contributed by atoms with Gasteiger partial charge in [0.2, 0.25) is 17.6 Å². The number of likely N-dealkylation sites (tertiary alicyclic amines) is 1. The van der Waals surface area contributed by atoms with Crippen LogP contribution in [0.3, 0.4) is 0 Å². The van der Waals surface area contributed by atoms with Crippen molar-refractivity contribution in [2.45, 2.75) is 39.3 Å². The fourth-order valence-electron chi connectivity index (χ4n) is 3.42. The molecule has 2 aromatic carbocycles. The maximum Gasteiger partial charge on any atom is 0.249 e. The SMILES string of the molecule is Cc1ccc(C)c(CN2C(=O)CCC2c2nc(-c3ccccc3)no2)c1. The minimum atomic E-state index is -0.160. The van der Waals surface area contributed by atoms with Crippen LogP contribution in [0.15, 0.2) is 53.1 Å². The van der Waals surface area contributed by atoms with Crippen LogP contribution in [0.2, 0.25) is 0 Å². The molecule has 3 aromatic rings. The van der Waals surface area contributed by atoms with Crippen LogP contribution in [0.1, 0.15) is 41.5 Å². The Morgan fingerprint density at radius 2 is 1.96 bits per heavy atom. The van der Waals surface area contributed by atoms with E-state index in [2.05, 4.69) is 42.2 Å². The molecule has 0 saturated carbocycles. The third-order valence-corrected chi connectivity index (χ3v) is 4.93. The Bertz CT molecular complexity index is 933. The number of carbonyl (C=O) groups excluding carboxylic acids is 1. The molecule has 2 heterocycles. The summed E-state index contributed by atoms with van der Waals surface area (Å²) in [5, 5.41) is 4.11.